The van der Waals surface area contributed by atoms with E-state index >= 15 is 0 Å². The van der Waals surface area contributed by atoms with Crippen LogP contribution in [-0.4, -0.2) is 15.3 Å². The van der Waals surface area contributed by atoms with Gasteiger partial charge in [0.15, 0.2) is 5.69 Å². The van der Waals surface area contributed by atoms with Crippen LogP contribution in [0, 0.1) is 16.7 Å². The highest BCUT2D eigenvalue weighted by molar-refractivity contribution is 6.30. The predicted molar refractivity (Wildman–Crippen MR) is 122 cm³/mol. The molecule has 0 saturated carbocycles. The van der Waals surface area contributed by atoms with E-state index in [0.717, 1.165) is 41.0 Å². The molecule has 3 aromatic rings. The summed E-state index contributed by atoms with van der Waals surface area (Å²) in [5.74, 6) is -1.44. The Morgan fingerprint density at radius 2 is 1.78 bits per heavy atom. The van der Waals surface area contributed by atoms with Crippen molar-refractivity contribution in [2.75, 3.05) is 0 Å². The Balaban J connectivity index is 1.93. The standard InChI is InChI=1S/C24H15ClF6N4O2/c1-13(6-19(33)15-2-4-16(5-3-15)23(26,27)28)11-35-12-34-21(24(29,30)31)20(22(35)36)37-18-8-14(10-32)7-17(25)9-18/h2-9,12,33H,11H2,1H3/b13-6+,33-19?. The Morgan fingerprint density at radius 1 is 1.14 bits per heavy atom. The third kappa shape index (κ3) is 6.77. The van der Waals surface area contributed by atoms with Crippen LogP contribution in [0.5, 0.6) is 11.5 Å². The van der Waals surface area contributed by atoms with E-state index < -0.39 is 34.9 Å². The van der Waals surface area contributed by atoms with Crippen molar-refractivity contribution < 1.29 is 31.1 Å². The van der Waals surface area contributed by atoms with E-state index in [0.29, 0.717) is 11.9 Å². The van der Waals surface area contributed by atoms with Crippen LogP contribution < -0.4 is 10.3 Å². The Labute approximate surface area is 210 Å². The smallest absolute Gasteiger partial charge is 0.437 e. The molecule has 0 radical (unpaired) electrons. The molecular weight excluding hydrogens is 526 g/mol. The number of nitrogens with zero attached hydrogens (tertiary/aromatic N) is 3. The van der Waals surface area contributed by atoms with Crippen molar-refractivity contribution in [3.05, 3.63) is 98.2 Å². The lowest BCUT2D eigenvalue weighted by Crippen LogP contribution is -2.26. The summed E-state index contributed by atoms with van der Waals surface area (Å²) in [6, 6.07) is 9.07. The van der Waals surface area contributed by atoms with Crippen molar-refractivity contribution in [1.29, 1.82) is 10.7 Å². The average molecular weight is 541 g/mol. The fourth-order valence-electron chi connectivity index (χ4n) is 3.16. The molecule has 0 unspecified atom stereocenters. The van der Waals surface area contributed by atoms with Gasteiger partial charge in [-0.05, 0) is 48.9 Å². The quantitative estimate of drug-likeness (QED) is 0.281. The van der Waals surface area contributed by atoms with Crippen molar-refractivity contribution in [3.8, 4) is 17.6 Å². The average Bonchev–Trinajstić information content (AvgIpc) is 2.80. The van der Waals surface area contributed by atoms with Gasteiger partial charge in [0.1, 0.15) is 5.75 Å². The molecule has 1 aromatic heterocycles. The van der Waals surface area contributed by atoms with Gasteiger partial charge in [-0.15, -0.1) is 0 Å². The summed E-state index contributed by atoms with van der Waals surface area (Å²) in [4.78, 5) is 16.2. The molecule has 0 bridgehead atoms. The highest BCUT2D eigenvalue weighted by atomic mass is 35.5. The molecule has 0 aliphatic carbocycles. The Hall–Kier alpha value is -4.11. The molecule has 2 aromatic carbocycles. The third-order valence-corrected chi connectivity index (χ3v) is 5.04. The van der Waals surface area contributed by atoms with Crippen molar-refractivity contribution >= 4 is 17.3 Å². The first-order valence-corrected chi connectivity index (χ1v) is 10.6. The Morgan fingerprint density at radius 3 is 2.35 bits per heavy atom. The molecule has 6 nitrogen and oxygen atoms in total. The number of alkyl halides is 6. The molecule has 0 fully saturated rings. The highest BCUT2D eigenvalue weighted by Crippen LogP contribution is 2.35. The van der Waals surface area contributed by atoms with Crippen LogP contribution in [0.15, 0.2) is 65.2 Å². The van der Waals surface area contributed by atoms with Gasteiger partial charge in [-0.3, -0.25) is 9.36 Å². The number of aromatic nitrogens is 2. The monoisotopic (exact) mass is 540 g/mol. The van der Waals surface area contributed by atoms with Gasteiger partial charge >= 0.3 is 12.4 Å². The van der Waals surface area contributed by atoms with Crippen LogP contribution in [-0.2, 0) is 18.9 Å². The van der Waals surface area contributed by atoms with E-state index in [9.17, 15) is 31.1 Å². The van der Waals surface area contributed by atoms with Gasteiger partial charge in [-0.25, -0.2) is 4.98 Å². The van der Waals surface area contributed by atoms with Crippen LogP contribution in [0.3, 0.4) is 0 Å². The van der Waals surface area contributed by atoms with Crippen LogP contribution in [0.1, 0.15) is 29.3 Å². The molecule has 0 aliphatic heterocycles. The lowest BCUT2D eigenvalue weighted by atomic mass is 10.1. The molecule has 1 N–H and O–H groups in total. The maximum atomic E-state index is 13.5. The van der Waals surface area contributed by atoms with Crippen molar-refractivity contribution in [2.45, 2.75) is 25.8 Å². The van der Waals surface area contributed by atoms with Crippen molar-refractivity contribution in [3.63, 3.8) is 0 Å². The van der Waals surface area contributed by atoms with E-state index in [1.807, 2.05) is 0 Å². The molecule has 0 saturated heterocycles. The molecule has 13 heteroatoms. The van der Waals surface area contributed by atoms with Gasteiger partial charge in [0.2, 0.25) is 5.75 Å². The summed E-state index contributed by atoms with van der Waals surface area (Å²) in [5, 5.41) is 17.1. The van der Waals surface area contributed by atoms with E-state index in [2.05, 4.69) is 4.98 Å². The molecular formula is C24H15ClF6N4O2. The SMILES string of the molecule is C/C(=C\C(=N)c1ccc(C(F)(F)F)cc1)Cn1cnc(C(F)(F)F)c(Oc2cc(Cl)cc(C#N)c2)c1=O. The summed E-state index contributed by atoms with van der Waals surface area (Å²) in [5.41, 5.74) is -3.40. The fraction of sp³-hybridized carbons (Fsp3) is 0.167. The van der Waals surface area contributed by atoms with Gasteiger partial charge in [0.25, 0.3) is 5.56 Å². The first-order chi connectivity index (χ1) is 17.2. The van der Waals surface area contributed by atoms with E-state index in [4.69, 9.17) is 27.0 Å². The molecule has 0 atom stereocenters. The molecule has 0 spiro atoms. The normalized spacial score (nSPS) is 12.2. The zero-order chi connectivity index (χ0) is 27.5. The molecule has 192 valence electrons. The van der Waals surface area contributed by atoms with Gasteiger partial charge in [-0.1, -0.05) is 29.3 Å². The zero-order valence-corrected chi connectivity index (χ0v) is 19.5. The molecule has 1 heterocycles. The number of ether oxygens (including phenoxy) is 1. The second-order valence-corrected chi connectivity index (χ2v) is 8.16. The minimum Gasteiger partial charge on any atom is -0.449 e. The highest BCUT2D eigenvalue weighted by Gasteiger charge is 2.39. The van der Waals surface area contributed by atoms with Crippen LogP contribution >= 0.6 is 11.6 Å². The lowest BCUT2D eigenvalue weighted by Gasteiger charge is -2.15. The summed E-state index contributed by atoms with van der Waals surface area (Å²) in [6.45, 7) is 1.17. The topological polar surface area (TPSA) is 91.8 Å². The number of benzene rings is 2. The predicted octanol–water partition coefficient (Wildman–Crippen LogP) is 6.61. The first-order valence-electron chi connectivity index (χ1n) is 10.2. The summed E-state index contributed by atoms with van der Waals surface area (Å²) < 4.78 is 84.8. The van der Waals surface area contributed by atoms with E-state index in [1.165, 1.54) is 19.1 Å². The maximum absolute atomic E-state index is 13.5. The maximum Gasteiger partial charge on any atom is 0.437 e. The van der Waals surface area contributed by atoms with Gasteiger partial charge < -0.3 is 10.1 Å². The summed E-state index contributed by atoms with van der Waals surface area (Å²) in [6.07, 6.45) is -7.66. The molecule has 0 amide bonds. The van der Waals surface area contributed by atoms with Crippen LogP contribution in [0.25, 0.3) is 0 Å². The van der Waals surface area contributed by atoms with Gasteiger partial charge in [0, 0.05) is 11.6 Å². The van der Waals surface area contributed by atoms with Crippen LogP contribution in [0.2, 0.25) is 5.02 Å². The lowest BCUT2D eigenvalue weighted by molar-refractivity contribution is -0.142. The summed E-state index contributed by atoms with van der Waals surface area (Å²) in [7, 11) is 0. The number of nitriles is 1. The molecule has 0 aliphatic rings. The minimum atomic E-state index is -5.04. The third-order valence-electron chi connectivity index (χ3n) is 4.82. The minimum absolute atomic E-state index is 0.00705. The van der Waals surface area contributed by atoms with Crippen LogP contribution in [0.4, 0.5) is 26.3 Å². The Bertz CT molecular complexity index is 1470. The van der Waals surface area contributed by atoms with Crippen molar-refractivity contribution in [2.24, 2.45) is 0 Å². The second kappa shape index (κ2) is 10.5. The van der Waals surface area contributed by atoms with E-state index in [-0.39, 0.29) is 34.2 Å². The number of hydrogen-bond acceptors (Lipinski definition) is 5. The number of halogens is 7. The Kier molecular flexibility index (Phi) is 7.78. The summed E-state index contributed by atoms with van der Waals surface area (Å²) >= 11 is 5.86. The first kappa shape index (κ1) is 27.5. The van der Waals surface area contributed by atoms with Gasteiger partial charge in [-0.2, -0.15) is 31.6 Å². The number of hydrogen-bond donors (Lipinski definition) is 1. The zero-order valence-electron chi connectivity index (χ0n) is 18.7. The van der Waals surface area contributed by atoms with E-state index in [1.54, 1.807) is 6.07 Å². The second-order valence-electron chi connectivity index (χ2n) is 7.72. The number of rotatable bonds is 6. The fourth-order valence-corrected chi connectivity index (χ4v) is 3.39. The largest absolute Gasteiger partial charge is 0.449 e. The molecule has 3 rings (SSSR count). The van der Waals surface area contributed by atoms with Gasteiger partial charge in [0.05, 0.1) is 29.2 Å². The molecule has 37 heavy (non-hydrogen) atoms. The number of allylic oxidation sites excluding steroid dienone is 2. The van der Waals surface area contributed by atoms with Crippen molar-refractivity contribution in [1.82, 2.24) is 9.55 Å². The number of nitrogens with one attached hydrogen (secondary N) is 1.